The number of anilines is 1. The Hall–Kier alpha value is -2.96. The first-order valence-electron chi connectivity index (χ1n) is 7.19. The van der Waals surface area contributed by atoms with Crippen LogP contribution in [0.2, 0.25) is 0 Å². The number of hydrogen-bond acceptors (Lipinski definition) is 6. The smallest absolute Gasteiger partial charge is 0.226 e. The van der Waals surface area contributed by atoms with Gasteiger partial charge in [0.15, 0.2) is 5.75 Å². The van der Waals surface area contributed by atoms with E-state index in [1.807, 2.05) is 43.3 Å². The lowest BCUT2D eigenvalue weighted by Crippen LogP contribution is -2.20. The molecule has 23 heavy (non-hydrogen) atoms. The molecule has 7 nitrogen and oxygen atoms in total. The summed E-state index contributed by atoms with van der Waals surface area (Å²) < 4.78 is 7.14. The summed E-state index contributed by atoms with van der Waals surface area (Å²) >= 11 is 0. The quantitative estimate of drug-likeness (QED) is 0.717. The van der Waals surface area contributed by atoms with Crippen molar-refractivity contribution in [2.75, 3.05) is 19.1 Å². The fourth-order valence-corrected chi connectivity index (χ4v) is 2.29. The van der Waals surface area contributed by atoms with Crippen LogP contribution in [0.15, 0.2) is 42.9 Å². The zero-order valence-corrected chi connectivity index (χ0v) is 13.3. The monoisotopic (exact) mass is 310 g/mol. The van der Waals surface area contributed by atoms with E-state index in [2.05, 4.69) is 20.1 Å². The molecule has 0 radical (unpaired) electrons. The number of aryl methyl sites for hydroxylation is 1. The van der Waals surface area contributed by atoms with Crippen molar-refractivity contribution in [3.8, 4) is 17.1 Å². The van der Waals surface area contributed by atoms with Crippen LogP contribution < -0.4 is 9.64 Å². The van der Waals surface area contributed by atoms with Crippen LogP contribution in [-0.2, 0) is 13.6 Å². The minimum Gasteiger partial charge on any atom is -0.493 e. The molecule has 0 aliphatic carbocycles. The molecule has 0 spiro atoms. The van der Waals surface area contributed by atoms with Gasteiger partial charge in [-0.2, -0.15) is 5.10 Å². The molecule has 3 heterocycles. The van der Waals surface area contributed by atoms with E-state index in [0.29, 0.717) is 23.9 Å². The fourth-order valence-electron chi connectivity index (χ4n) is 2.29. The highest BCUT2D eigenvalue weighted by atomic mass is 16.5. The fraction of sp³-hybridized carbons (Fsp3) is 0.250. The summed E-state index contributed by atoms with van der Waals surface area (Å²) in [7, 11) is 5.41. The van der Waals surface area contributed by atoms with Gasteiger partial charge in [-0.05, 0) is 18.2 Å². The van der Waals surface area contributed by atoms with E-state index in [4.69, 9.17) is 4.74 Å². The van der Waals surface area contributed by atoms with Gasteiger partial charge >= 0.3 is 0 Å². The molecule has 0 saturated heterocycles. The Kier molecular flexibility index (Phi) is 4.18. The molecule has 0 saturated carbocycles. The van der Waals surface area contributed by atoms with E-state index >= 15 is 0 Å². The van der Waals surface area contributed by atoms with Gasteiger partial charge in [-0.3, -0.25) is 9.67 Å². The number of hydrogen-bond donors (Lipinski definition) is 0. The second-order valence-electron chi connectivity index (χ2n) is 5.10. The average molecular weight is 310 g/mol. The molecule has 0 bridgehead atoms. The van der Waals surface area contributed by atoms with Gasteiger partial charge in [-0.25, -0.2) is 9.97 Å². The van der Waals surface area contributed by atoms with Gasteiger partial charge in [0.25, 0.3) is 0 Å². The number of ether oxygens (including phenoxy) is 1. The van der Waals surface area contributed by atoms with Crippen LogP contribution >= 0.6 is 0 Å². The summed E-state index contributed by atoms with van der Waals surface area (Å²) in [5, 5.41) is 4.19. The first-order chi connectivity index (χ1) is 11.2. The normalized spacial score (nSPS) is 10.6. The molecule has 7 heteroatoms. The summed E-state index contributed by atoms with van der Waals surface area (Å²) in [4.78, 5) is 15.3. The Morgan fingerprint density at radius 1 is 1.17 bits per heavy atom. The molecule has 3 rings (SSSR count). The molecular weight excluding hydrogens is 292 g/mol. The lowest BCUT2D eigenvalue weighted by Gasteiger charge is -2.18. The Labute approximate surface area is 134 Å². The van der Waals surface area contributed by atoms with Crippen molar-refractivity contribution in [3.05, 3.63) is 48.5 Å². The summed E-state index contributed by atoms with van der Waals surface area (Å²) in [6.45, 7) is 0.623. The Balaban J connectivity index is 1.93. The van der Waals surface area contributed by atoms with Gasteiger partial charge < -0.3 is 9.64 Å². The van der Waals surface area contributed by atoms with Gasteiger partial charge in [0.05, 0.1) is 31.2 Å². The van der Waals surface area contributed by atoms with E-state index in [9.17, 15) is 0 Å². The average Bonchev–Trinajstić information content (AvgIpc) is 3.01. The van der Waals surface area contributed by atoms with Crippen molar-refractivity contribution in [1.82, 2.24) is 24.7 Å². The highest BCUT2D eigenvalue weighted by Gasteiger charge is 2.15. The molecule has 0 N–H and O–H groups in total. The van der Waals surface area contributed by atoms with Crippen molar-refractivity contribution in [2.24, 2.45) is 7.05 Å². The van der Waals surface area contributed by atoms with Gasteiger partial charge in [-0.1, -0.05) is 6.07 Å². The molecule has 0 aliphatic heterocycles. The number of nitrogens with zero attached hydrogens (tertiary/aromatic N) is 6. The standard InChI is InChI=1S/C16H18N6O/c1-21(11-12-6-4-5-8-17-12)16-18-10-14(23-3)15(20-16)13-7-9-19-22(13)2/h4-10H,11H2,1-3H3. The third-order valence-corrected chi connectivity index (χ3v) is 3.49. The third kappa shape index (κ3) is 3.13. The number of rotatable bonds is 5. The lowest BCUT2D eigenvalue weighted by molar-refractivity contribution is 0.412. The molecule has 0 atom stereocenters. The maximum atomic E-state index is 5.38. The minimum atomic E-state index is 0.604. The summed E-state index contributed by atoms with van der Waals surface area (Å²) in [6.07, 6.45) is 5.19. The summed E-state index contributed by atoms with van der Waals surface area (Å²) in [5.74, 6) is 1.22. The van der Waals surface area contributed by atoms with Crippen LogP contribution in [0.5, 0.6) is 5.75 Å². The van der Waals surface area contributed by atoms with E-state index in [1.54, 1.807) is 30.4 Å². The predicted octanol–water partition coefficient (Wildman–Crippen LogP) is 1.92. The van der Waals surface area contributed by atoms with E-state index < -0.39 is 0 Å². The second-order valence-corrected chi connectivity index (χ2v) is 5.10. The lowest BCUT2D eigenvalue weighted by atomic mass is 10.3. The van der Waals surface area contributed by atoms with Crippen molar-refractivity contribution >= 4 is 5.95 Å². The molecule has 0 aliphatic rings. The maximum Gasteiger partial charge on any atom is 0.226 e. The van der Waals surface area contributed by atoms with Crippen molar-refractivity contribution in [2.45, 2.75) is 6.54 Å². The number of aromatic nitrogens is 5. The Bertz CT molecular complexity index is 786. The third-order valence-electron chi connectivity index (χ3n) is 3.49. The van der Waals surface area contributed by atoms with Gasteiger partial charge in [0.1, 0.15) is 5.69 Å². The summed E-state index contributed by atoms with van der Waals surface area (Å²) in [5.41, 5.74) is 2.54. The molecule has 3 aromatic rings. The van der Waals surface area contributed by atoms with Crippen LogP contribution in [0, 0.1) is 0 Å². The highest BCUT2D eigenvalue weighted by molar-refractivity contribution is 5.63. The predicted molar refractivity (Wildman–Crippen MR) is 87.1 cm³/mol. The van der Waals surface area contributed by atoms with E-state index in [1.165, 1.54) is 0 Å². The maximum absolute atomic E-state index is 5.38. The molecule has 0 aromatic carbocycles. The van der Waals surface area contributed by atoms with Crippen molar-refractivity contribution in [3.63, 3.8) is 0 Å². The molecule has 0 fully saturated rings. The van der Waals surface area contributed by atoms with Crippen molar-refractivity contribution < 1.29 is 4.74 Å². The van der Waals surface area contributed by atoms with Crippen LogP contribution in [0.1, 0.15) is 5.69 Å². The van der Waals surface area contributed by atoms with E-state index in [-0.39, 0.29) is 0 Å². The second kappa shape index (κ2) is 6.43. The first-order valence-corrected chi connectivity index (χ1v) is 7.19. The molecule has 0 unspecified atom stereocenters. The summed E-state index contributed by atoms with van der Waals surface area (Å²) in [6, 6.07) is 7.73. The Morgan fingerprint density at radius 3 is 2.70 bits per heavy atom. The van der Waals surface area contributed by atoms with Crippen LogP contribution in [0.3, 0.4) is 0 Å². The minimum absolute atomic E-state index is 0.604. The molecule has 3 aromatic heterocycles. The van der Waals surface area contributed by atoms with Crippen LogP contribution in [0.25, 0.3) is 11.4 Å². The SMILES string of the molecule is COc1cnc(N(C)Cc2ccccn2)nc1-c1ccnn1C. The zero-order valence-electron chi connectivity index (χ0n) is 13.3. The van der Waals surface area contributed by atoms with Crippen LogP contribution in [0.4, 0.5) is 5.95 Å². The highest BCUT2D eigenvalue weighted by Crippen LogP contribution is 2.28. The van der Waals surface area contributed by atoms with Gasteiger partial charge in [0, 0.05) is 26.5 Å². The van der Waals surface area contributed by atoms with E-state index in [0.717, 1.165) is 11.4 Å². The molecule has 0 amide bonds. The topological polar surface area (TPSA) is 69.0 Å². The number of pyridine rings is 1. The largest absolute Gasteiger partial charge is 0.493 e. The first kappa shape index (κ1) is 15.0. The molecule has 118 valence electrons. The van der Waals surface area contributed by atoms with Crippen molar-refractivity contribution in [1.29, 1.82) is 0 Å². The molecular formula is C16H18N6O. The number of methoxy groups -OCH3 is 1. The van der Waals surface area contributed by atoms with Gasteiger partial charge in [0.2, 0.25) is 5.95 Å². The van der Waals surface area contributed by atoms with Crippen LogP contribution in [-0.4, -0.2) is 38.9 Å². The Morgan fingerprint density at radius 2 is 2.04 bits per heavy atom. The van der Waals surface area contributed by atoms with Gasteiger partial charge in [-0.15, -0.1) is 0 Å². The zero-order chi connectivity index (χ0) is 16.2.